The van der Waals surface area contributed by atoms with Crippen molar-refractivity contribution in [1.29, 1.82) is 5.26 Å². The molecule has 0 aliphatic rings. The number of methoxy groups -OCH3 is 2. The number of pyridine rings is 1. The molecule has 3 rings (SSSR count). The summed E-state index contributed by atoms with van der Waals surface area (Å²) in [4.78, 5) is 17.0. The Morgan fingerprint density at radius 1 is 1.15 bits per heavy atom. The Morgan fingerprint density at radius 3 is 2.59 bits per heavy atom. The average Bonchev–Trinajstić information content (AvgIpc) is 2.72. The number of fused-ring (bicyclic) bond motifs is 1. The van der Waals surface area contributed by atoms with E-state index in [0.717, 1.165) is 10.9 Å². The van der Waals surface area contributed by atoms with Crippen LogP contribution in [0, 0.1) is 11.3 Å². The highest BCUT2D eigenvalue weighted by Gasteiger charge is 2.20. The van der Waals surface area contributed by atoms with Crippen molar-refractivity contribution in [2.75, 3.05) is 27.4 Å². The number of nitrogens with zero attached hydrogens (tertiary/aromatic N) is 2. The SMILES string of the molecule is COCCNC(=O)c1nc(C#N)c(-c2ccccc2)c2cc(OC)ccc12. The highest BCUT2D eigenvalue weighted by Crippen LogP contribution is 2.34. The lowest BCUT2D eigenvalue weighted by Gasteiger charge is -2.14. The minimum Gasteiger partial charge on any atom is -0.497 e. The number of nitrogens with one attached hydrogen (secondary N) is 1. The van der Waals surface area contributed by atoms with Gasteiger partial charge in [0.2, 0.25) is 0 Å². The van der Waals surface area contributed by atoms with Crippen LogP contribution in [-0.2, 0) is 4.74 Å². The maximum Gasteiger partial charge on any atom is 0.270 e. The molecule has 1 N–H and O–H groups in total. The molecule has 0 atom stereocenters. The van der Waals surface area contributed by atoms with E-state index in [0.29, 0.717) is 29.9 Å². The molecular formula is C21H19N3O3. The summed E-state index contributed by atoms with van der Waals surface area (Å²) < 4.78 is 10.3. The second-order valence-corrected chi connectivity index (χ2v) is 5.82. The summed E-state index contributed by atoms with van der Waals surface area (Å²) in [6.45, 7) is 0.752. The van der Waals surface area contributed by atoms with Gasteiger partial charge in [-0.2, -0.15) is 5.26 Å². The van der Waals surface area contributed by atoms with Crippen molar-refractivity contribution < 1.29 is 14.3 Å². The lowest BCUT2D eigenvalue weighted by Crippen LogP contribution is -2.28. The number of hydrogen-bond donors (Lipinski definition) is 1. The zero-order valence-electron chi connectivity index (χ0n) is 15.2. The highest BCUT2D eigenvalue weighted by atomic mass is 16.5. The van der Waals surface area contributed by atoms with E-state index in [1.54, 1.807) is 26.4 Å². The minimum atomic E-state index is -0.349. The Morgan fingerprint density at radius 2 is 1.93 bits per heavy atom. The molecule has 0 aliphatic carbocycles. The first-order valence-corrected chi connectivity index (χ1v) is 8.44. The number of aromatic nitrogens is 1. The second-order valence-electron chi connectivity index (χ2n) is 5.82. The van der Waals surface area contributed by atoms with Gasteiger partial charge >= 0.3 is 0 Å². The first-order valence-electron chi connectivity index (χ1n) is 8.44. The van der Waals surface area contributed by atoms with E-state index in [1.165, 1.54) is 0 Å². The molecule has 6 nitrogen and oxygen atoms in total. The zero-order chi connectivity index (χ0) is 19.2. The van der Waals surface area contributed by atoms with Gasteiger partial charge in [0.1, 0.15) is 23.2 Å². The van der Waals surface area contributed by atoms with Crippen LogP contribution < -0.4 is 10.1 Å². The van der Waals surface area contributed by atoms with Gasteiger partial charge in [-0.1, -0.05) is 30.3 Å². The van der Waals surface area contributed by atoms with Crippen molar-refractivity contribution in [3.8, 4) is 22.9 Å². The fourth-order valence-electron chi connectivity index (χ4n) is 2.92. The fourth-order valence-corrected chi connectivity index (χ4v) is 2.92. The molecular weight excluding hydrogens is 342 g/mol. The Bertz CT molecular complexity index is 1010. The average molecular weight is 361 g/mol. The van der Waals surface area contributed by atoms with E-state index < -0.39 is 0 Å². The minimum absolute atomic E-state index is 0.193. The molecule has 0 saturated carbocycles. The van der Waals surface area contributed by atoms with Crippen LogP contribution in [0.4, 0.5) is 0 Å². The number of hydrogen-bond acceptors (Lipinski definition) is 5. The largest absolute Gasteiger partial charge is 0.497 e. The van der Waals surface area contributed by atoms with E-state index in [1.807, 2.05) is 36.4 Å². The molecule has 6 heteroatoms. The molecule has 1 aromatic heterocycles. The molecule has 0 bridgehead atoms. The summed E-state index contributed by atoms with van der Waals surface area (Å²) >= 11 is 0. The third-order valence-electron chi connectivity index (χ3n) is 4.19. The molecule has 0 unspecified atom stereocenters. The van der Waals surface area contributed by atoms with Gasteiger partial charge in [0.05, 0.1) is 13.7 Å². The number of rotatable bonds is 6. The number of carbonyl (C=O) groups is 1. The van der Waals surface area contributed by atoms with E-state index >= 15 is 0 Å². The third kappa shape index (κ3) is 3.73. The fraction of sp³-hybridized carbons (Fsp3) is 0.190. The van der Waals surface area contributed by atoms with Crippen molar-refractivity contribution in [2.45, 2.75) is 0 Å². The van der Waals surface area contributed by atoms with Crippen LogP contribution in [0.25, 0.3) is 21.9 Å². The molecule has 27 heavy (non-hydrogen) atoms. The number of nitriles is 1. The Kier molecular flexibility index (Phi) is 5.64. The van der Waals surface area contributed by atoms with Gasteiger partial charge in [0.15, 0.2) is 0 Å². The summed E-state index contributed by atoms with van der Waals surface area (Å²) in [7, 11) is 3.14. The molecule has 1 amide bonds. The number of ether oxygens (including phenoxy) is 2. The maximum absolute atomic E-state index is 12.6. The van der Waals surface area contributed by atoms with Crippen LogP contribution in [-0.4, -0.2) is 38.3 Å². The van der Waals surface area contributed by atoms with E-state index in [9.17, 15) is 10.1 Å². The van der Waals surface area contributed by atoms with E-state index in [-0.39, 0.29) is 17.3 Å². The molecule has 0 aliphatic heterocycles. The Hall–Kier alpha value is -3.43. The van der Waals surface area contributed by atoms with Gasteiger partial charge in [0, 0.05) is 24.6 Å². The molecule has 0 radical (unpaired) electrons. The van der Waals surface area contributed by atoms with Gasteiger partial charge in [0.25, 0.3) is 5.91 Å². The predicted molar refractivity (Wildman–Crippen MR) is 103 cm³/mol. The van der Waals surface area contributed by atoms with Gasteiger partial charge in [-0.05, 0) is 29.1 Å². The molecule has 2 aromatic carbocycles. The first kappa shape index (κ1) is 18.4. The molecule has 0 saturated heterocycles. The van der Waals surface area contributed by atoms with Crippen molar-refractivity contribution in [1.82, 2.24) is 10.3 Å². The quantitative estimate of drug-likeness (QED) is 0.682. The second kappa shape index (κ2) is 8.30. The zero-order valence-corrected chi connectivity index (χ0v) is 15.2. The molecule has 3 aromatic rings. The molecule has 1 heterocycles. The molecule has 136 valence electrons. The topological polar surface area (TPSA) is 84.2 Å². The highest BCUT2D eigenvalue weighted by molar-refractivity contribution is 6.10. The van der Waals surface area contributed by atoms with Crippen LogP contribution >= 0.6 is 0 Å². The third-order valence-corrected chi connectivity index (χ3v) is 4.19. The lowest BCUT2D eigenvalue weighted by atomic mass is 9.95. The van der Waals surface area contributed by atoms with Crippen molar-refractivity contribution in [3.63, 3.8) is 0 Å². The Balaban J connectivity index is 2.25. The Labute approximate surface area is 157 Å². The summed E-state index contributed by atoms with van der Waals surface area (Å²) in [5.41, 5.74) is 1.94. The number of carbonyl (C=O) groups excluding carboxylic acids is 1. The van der Waals surface area contributed by atoms with Crippen molar-refractivity contribution >= 4 is 16.7 Å². The summed E-state index contributed by atoms with van der Waals surface area (Å²) in [6.07, 6.45) is 0. The first-order chi connectivity index (χ1) is 13.2. The number of amides is 1. The van der Waals surface area contributed by atoms with Crippen molar-refractivity contribution in [2.24, 2.45) is 0 Å². The van der Waals surface area contributed by atoms with Crippen LogP contribution in [0.3, 0.4) is 0 Å². The maximum atomic E-state index is 12.6. The van der Waals surface area contributed by atoms with Crippen LogP contribution in [0.1, 0.15) is 16.2 Å². The van der Waals surface area contributed by atoms with Gasteiger partial charge in [-0.3, -0.25) is 4.79 Å². The lowest BCUT2D eigenvalue weighted by molar-refractivity contribution is 0.0934. The van der Waals surface area contributed by atoms with Crippen LogP contribution in [0.5, 0.6) is 5.75 Å². The molecule has 0 fully saturated rings. The normalized spacial score (nSPS) is 10.4. The summed E-state index contributed by atoms with van der Waals surface area (Å²) in [6, 6.07) is 17.0. The van der Waals surface area contributed by atoms with E-state index in [2.05, 4.69) is 16.4 Å². The summed E-state index contributed by atoms with van der Waals surface area (Å²) in [5.74, 6) is 0.291. The van der Waals surface area contributed by atoms with Crippen LogP contribution in [0.2, 0.25) is 0 Å². The molecule has 0 spiro atoms. The van der Waals surface area contributed by atoms with E-state index in [4.69, 9.17) is 9.47 Å². The monoisotopic (exact) mass is 361 g/mol. The summed E-state index contributed by atoms with van der Waals surface area (Å²) in [5, 5.41) is 13.9. The van der Waals surface area contributed by atoms with Gasteiger partial charge < -0.3 is 14.8 Å². The smallest absolute Gasteiger partial charge is 0.270 e. The van der Waals surface area contributed by atoms with Crippen molar-refractivity contribution in [3.05, 3.63) is 59.9 Å². The standard InChI is InChI=1S/C21H19N3O3/c1-26-11-10-23-21(25)20-16-9-8-15(27-2)12-17(16)19(18(13-22)24-20)14-6-4-3-5-7-14/h3-9,12H,10-11H2,1-2H3,(H,23,25). The van der Waals surface area contributed by atoms with Gasteiger partial charge in [-0.15, -0.1) is 0 Å². The number of benzene rings is 2. The van der Waals surface area contributed by atoms with Gasteiger partial charge in [-0.25, -0.2) is 4.98 Å². The van der Waals surface area contributed by atoms with Crippen LogP contribution in [0.15, 0.2) is 48.5 Å². The predicted octanol–water partition coefficient (Wildman–Crippen LogP) is 3.16.